The molecule has 44 heavy (non-hydrogen) atoms. The fourth-order valence-electron chi connectivity index (χ4n) is 4.42. The SMILES string of the molecule is CNCCC(Oc1ccc(C(F)(F)F)cc1)c1ccccc1.COc1c(-c2ccccc2)oc2c(OC)cccc2c1=O.Cl. The maximum atomic E-state index is 12.6. The summed E-state index contributed by atoms with van der Waals surface area (Å²) in [6.07, 6.45) is -3.81. The summed E-state index contributed by atoms with van der Waals surface area (Å²) in [5.74, 6) is 1.55. The molecular formula is C34H33ClF3NO5. The van der Waals surface area contributed by atoms with Crippen LogP contribution in [0.5, 0.6) is 17.2 Å². The smallest absolute Gasteiger partial charge is 0.416 e. The third-order valence-electron chi connectivity index (χ3n) is 6.59. The molecule has 10 heteroatoms. The van der Waals surface area contributed by atoms with Gasteiger partial charge in [-0.25, -0.2) is 0 Å². The molecule has 5 rings (SSSR count). The van der Waals surface area contributed by atoms with Crippen molar-refractivity contribution < 1.29 is 31.8 Å². The molecule has 1 heterocycles. The maximum Gasteiger partial charge on any atom is 0.416 e. The number of nitrogens with one attached hydrogen (secondary N) is 1. The lowest BCUT2D eigenvalue weighted by atomic mass is 10.1. The highest BCUT2D eigenvalue weighted by atomic mass is 35.5. The zero-order valence-corrected chi connectivity index (χ0v) is 25.2. The third kappa shape index (κ3) is 8.33. The summed E-state index contributed by atoms with van der Waals surface area (Å²) in [6, 6.07) is 29.0. The topological polar surface area (TPSA) is 69.9 Å². The first-order valence-electron chi connectivity index (χ1n) is 13.5. The van der Waals surface area contributed by atoms with Crippen LogP contribution in [0.15, 0.2) is 112 Å². The fourth-order valence-corrected chi connectivity index (χ4v) is 4.42. The van der Waals surface area contributed by atoms with Gasteiger partial charge in [-0.05, 0) is 55.6 Å². The number of alkyl halides is 3. The van der Waals surface area contributed by atoms with E-state index in [1.54, 1.807) is 25.3 Å². The van der Waals surface area contributed by atoms with Gasteiger partial charge >= 0.3 is 6.18 Å². The number of benzene rings is 4. The average Bonchev–Trinajstić information content (AvgIpc) is 3.03. The molecule has 4 aromatic carbocycles. The van der Waals surface area contributed by atoms with Crippen molar-refractivity contribution in [1.29, 1.82) is 0 Å². The highest BCUT2D eigenvalue weighted by Gasteiger charge is 2.30. The minimum atomic E-state index is -4.33. The van der Waals surface area contributed by atoms with Crippen LogP contribution >= 0.6 is 12.4 Å². The van der Waals surface area contributed by atoms with Crippen molar-refractivity contribution in [2.24, 2.45) is 0 Å². The number of fused-ring (bicyclic) bond motifs is 1. The van der Waals surface area contributed by atoms with Crippen molar-refractivity contribution in [2.45, 2.75) is 18.7 Å². The van der Waals surface area contributed by atoms with Crippen molar-refractivity contribution >= 4 is 23.4 Å². The Kier molecular flexibility index (Phi) is 12.3. The number of methoxy groups -OCH3 is 2. The summed E-state index contributed by atoms with van der Waals surface area (Å²) in [6.45, 7) is 0.750. The Morgan fingerprint density at radius 2 is 1.45 bits per heavy atom. The van der Waals surface area contributed by atoms with Crippen LogP contribution in [0, 0.1) is 0 Å². The lowest BCUT2D eigenvalue weighted by Crippen LogP contribution is -2.16. The molecule has 0 aliphatic rings. The number of hydrogen-bond donors (Lipinski definition) is 1. The summed E-state index contributed by atoms with van der Waals surface area (Å²) in [4.78, 5) is 12.6. The Labute approximate surface area is 259 Å². The van der Waals surface area contributed by atoms with Gasteiger partial charge in [0, 0.05) is 12.0 Å². The standard InChI is InChI=1S/C17H18F3NO.C17H14O4.ClH/c1-21-12-11-16(13-5-3-2-4-6-13)22-15-9-7-14(8-10-15)17(18,19)20;1-19-13-10-6-9-12-14(18)17(20-2)15(21-16(12)13)11-7-4-3-5-8-11;/h2-10,16,21H,11-12H2,1H3;3-10H,1-2H3;1H. The van der Waals surface area contributed by atoms with Gasteiger partial charge in [-0.2, -0.15) is 13.2 Å². The first kappa shape index (κ1) is 34.0. The van der Waals surface area contributed by atoms with Crippen LogP contribution in [0.3, 0.4) is 0 Å². The van der Waals surface area contributed by atoms with E-state index in [0.717, 1.165) is 36.2 Å². The van der Waals surface area contributed by atoms with Crippen LogP contribution in [-0.2, 0) is 6.18 Å². The Hall–Kier alpha value is -4.47. The Morgan fingerprint density at radius 1 is 0.818 bits per heavy atom. The predicted molar refractivity (Wildman–Crippen MR) is 168 cm³/mol. The minimum absolute atomic E-state index is 0. The zero-order chi connectivity index (χ0) is 30.8. The van der Waals surface area contributed by atoms with Gasteiger partial charge in [0.05, 0.1) is 25.2 Å². The molecule has 1 aromatic heterocycles. The molecule has 1 N–H and O–H groups in total. The second-order valence-electron chi connectivity index (χ2n) is 9.43. The van der Waals surface area contributed by atoms with Gasteiger partial charge in [0.15, 0.2) is 17.1 Å². The predicted octanol–water partition coefficient (Wildman–Crippen LogP) is 8.33. The quantitative estimate of drug-likeness (QED) is 0.177. The first-order chi connectivity index (χ1) is 20.8. The van der Waals surface area contributed by atoms with Gasteiger partial charge in [-0.15, -0.1) is 12.4 Å². The van der Waals surface area contributed by atoms with E-state index in [2.05, 4.69) is 5.32 Å². The van der Waals surface area contributed by atoms with E-state index in [9.17, 15) is 18.0 Å². The van der Waals surface area contributed by atoms with Crippen LogP contribution in [0.4, 0.5) is 13.2 Å². The van der Waals surface area contributed by atoms with E-state index in [4.69, 9.17) is 18.6 Å². The molecule has 0 amide bonds. The van der Waals surface area contributed by atoms with E-state index in [1.165, 1.54) is 19.2 Å². The molecule has 0 saturated carbocycles. The van der Waals surface area contributed by atoms with Gasteiger partial charge in [-0.3, -0.25) is 4.79 Å². The van der Waals surface area contributed by atoms with Crippen molar-refractivity contribution in [3.05, 3.63) is 124 Å². The summed E-state index contributed by atoms with van der Waals surface area (Å²) in [7, 11) is 4.85. The number of rotatable bonds is 9. The van der Waals surface area contributed by atoms with Crippen molar-refractivity contribution in [3.8, 4) is 28.6 Å². The van der Waals surface area contributed by atoms with Gasteiger partial charge in [0.2, 0.25) is 11.2 Å². The summed E-state index contributed by atoms with van der Waals surface area (Å²) < 4.78 is 60.0. The third-order valence-corrected chi connectivity index (χ3v) is 6.59. The Balaban J connectivity index is 0.000000235. The fraction of sp³-hybridized carbons (Fsp3) is 0.206. The summed E-state index contributed by atoms with van der Waals surface area (Å²) in [5.41, 5.74) is 1.31. The highest BCUT2D eigenvalue weighted by Crippen LogP contribution is 2.34. The molecule has 0 bridgehead atoms. The molecule has 0 saturated heterocycles. The maximum absolute atomic E-state index is 12.6. The molecule has 232 valence electrons. The number of halogens is 4. The van der Waals surface area contributed by atoms with Gasteiger partial charge in [0.1, 0.15) is 11.9 Å². The Bertz CT molecular complexity index is 1660. The van der Waals surface area contributed by atoms with Crippen LogP contribution < -0.4 is 25.0 Å². The van der Waals surface area contributed by atoms with Crippen LogP contribution in [0.2, 0.25) is 0 Å². The highest BCUT2D eigenvalue weighted by molar-refractivity contribution is 5.86. The lowest BCUT2D eigenvalue weighted by Gasteiger charge is -2.20. The largest absolute Gasteiger partial charge is 0.493 e. The average molecular weight is 628 g/mol. The lowest BCUT2D eigenvalue weighted by molar-refractivity contribution is -0.137. The van der Waals surface area contributed by atoms with E-state index >= 15 is 0 Å². The molecule has 0 radical (unpaired) electrons. The van der Waals surface area contributed by atoms with Gasteiger partial charge in [0.25, 0.3) is 0 Å². The molecule has 1 unspecified atom stereocenters. The molecule has 0 aliphatic heterocycles. The number of hydrogen-bond acceptors (Lipinski definition) is 6. The molecule has 0 spiro atoms. The second kappa shape index (κ2) is 15.8. The van der Waals surface area contributed by atoms with Crippen LogP contribution in [-0.4, -0.2) is 27.8 Å². The van der Waals surface area contributed by atoms with E-state index < -0.39 is 11.7 Å². The molecule has 6 nitrogen and oxygen atoms in total. The first-order valence-corrected chi connectivity index (χ1v) is 13.5. The zero-order valence-electron chi connectivity index (χ0n) is 24.4. The Morgan fingerprint density at radius 3 is 2.02 bits per heavy atom. The molecule has 5 aromatic rings. The molecule has 0 aliphatic carbocycles. The molecule has 1 atom stereocenters. The molecule has 0 fully saturated rings. The monoisotopic (exact) mass is 627 g/mol. The molecular weight excluding hydrogens is 595 g/mol. The van der Waals surface area contributed by atoms with Crippen molar-refractivity contribution in [1.82, 2.24) is 5.32 Å². The van der Waals surface area contributed by atoms with Crippen molar-refractivity contribution in [3.63, 3.8) is 0 Å². The van der Waals surface area contributed by atoms with Crippen LogP contribution in [0.1, 0.15) is 23.7 Å². The van der Waals surface area contributed by atoms with E-state index in [1.807, 2.05) is 67.7 Å². The summed E-state index contributed by atoms with van der Waals surface area (Å²) >= 11 is 0. The normalized spacial score (nSPS) is 11.5. The summed E-state index contributed by atoms with van der Waals surface area (Å²) in [5, 5.41) is 3.49. The van der Waals surface area contributed by atoms with Crippen molar-refractivity contribution in [2.75, 3.05) is 27.8 Å². The second-order valence-corrected chi connectivity index (χ2v) is 9.43. The minimum Gasteiger partial charge on any atom is -0.493 e. The number of ether oxygens (including phenoxy) is 3. The van der Waals surface area contributed by atoms with E-state index in [0.29, 0.717) is 28.2 Å². The number of para-hydroxylation sites is 1. The van der Waals surface area contributed by atoms with Crippen LogP contribution in [0.25, 0.3) is 22.3 Å². The van der Waals surface area contributed by atoms with E-state index in [-0.39, 0.29) is 29.7 Å². The van der Waals surface area contributed by atoms with Gasteiger partial charge < -0.3 is 23.9 Å². The van der Waals surface area contributed by atoms with Gasteiger partial charge in [-0.1, -0.05) is 66.7 Å².